The molecule has 0 saturated carbocycles. The maximum absolute atomic E-state index is 13.3. The third kappa shape index (κ3) is 6.69. The van der Waals surface area contributed by atoms with Crippen molar-refractivity contribution >= 4 is 27.7 Å². The second-order valence-electron chi connectivity index (χ2n) is 7.57. The van der Waals surface area contributed by atoms with E-state index >= 15 is 0 Å². The largest absolute Gasteiger partial charge is 0.484 e. The van der Waals surface area contributed by atoms with E-state index in [9.17, 15) is 9.59 Å². The molecule has 0 saturated heterocycles. The van der Waals surface area contributed by atoms with Gasteiger partial charge >= 0.3 is 0 Å². The summed E-state index contributed by atoms with van der Waals surface area (Å²) in [5, 5.41) is 2.72. The third-order valence-electron chi connectivity index (χ3n) is 5.13. The number of halogens is 1. The van der Waals surface area contributed by atoms with Crippen LogP contribution in [-0.2, 0) is 22.6 Å². The molecule has 0 radical (unpaired) electrons. The zero-order valence-electron chi connectivity index (χ0n) is 18.3. The predicted octanol–water partition coefficient (Wildman–Crippen LogP) is 4.52. The molecule has 1 atom stereocenters. The van der Waals surface area contributed by atoms with Crippen molar-refractivity contribution in [2.24, 2.45) is 0 Å². The fourth-order valence-corrected chi connectivity index (χ4v) is 3.75. The molecule has 0 heterocycles. The summed E-state index contributed by atoms with van der Waals surface area (Å²) in [5.41, 5.74) is 3.04. The number of likely N-dealkylation sites (N-methyl/N-ethyl adjacent to an activating group) is 1. The van der Waals surface area contributed by atoms with Gasteiger partial charge in [0.05, 0.1) is 0 Å². The Morgan fingerprint density at radius 3 is 2.31 bits per heavy atom. The lowest BCUT2D eigenvalue weighted by atomic mass is 10.0. The van der Waals surface area contributed by atoms with E-state index in [1.165, 1.54) is 0 Å². The van der Waals surface area contributed by atoms with Crippen LogP contribution in [0.3, 0.4) is 0 Å². The fraction of sp³-hybridized carbons (Fsp3) is 0.231. The number of carbonyl (C=O) groups excluding carboxylic acids is 2. The number of aryl methyl sites for hydroxylation is 1. The Labute approximate surface area is 197 Å². The highest BCUT2D eigenvalue weighted by Crippen LogP contribution is 2.18. The quantitative estimate of drug-likeness (QED) is 0.475. The van der Waals surface area contributed by atoms with Crippen molar-refractivity contribution < 1.29 is 14.3 Å². The number of benzene rings is 3. The van der Waals surface area contributed by atoms with Gasteiger partial charge in [-0.3, -0.25) is 9.59 Å². The minimum absolute atomic E-state index is 0.157. The minimum Gasteiger partial charge on any atom is -0.484 e. The van der Waals surface area contributed by atoms with Crippen LogP contribution in [0.4, 0.5) is 0 Å². The lowest BCUT2D eigenvalue weighted by molar-refractivity contribution is -0.142. The molecule has 0 spiro atoms. The lowest BCUT2D eigenvalue weighted by Gasteiger charge is -2.31. The lowest BCUT2D eigenvalue weighted by Crippen LogP contribution is -2.51. The van der Waals surface area contributed by atoms with E-state index in [4.69, 9.17) is 4.74 Å². The molecule has 3 aromatic rings. The number of ether oxygens (including phenoxy) is 1. The highest BCUT2D eigenvalue weighted by molar-refractivity contribution is 9.10. The number of carbonyl (C=O) groups is 2. The maximum Gasteiger partial charge on any atom is 0.261 e. The smallest absolute Gasteiger partial charge is 0.261 e. The first-order valence-corrected chi connectivity index (χ1v) is 11.2. The molecule has 0 aliphatic carbocycles. The number of amides is 2. The number of nitrogens with one attached hydrogen (secondary N) is 1. The molecule has 0 fully saturated rings. The van der Waals surface area contributed by atoms with Gasteiger partial charge in [-0.15, -0.1) is 0 Å². The van der Waals surface area contributed by atoms with Crippen LogP contribution in [0.1, 0.15) is 16.7 Å². The number of hydrogen-bond acceptors (Lipinski definition) is 3. The molecule has 166 valence electrons. The first-order chi connectivity index (χ1) is 15.5. The van der Waals surface area contributed by atoms with Crippen LogP contribution in [0, 0.1) is 6.92 Å². The average Bonchev–Trinajstić information content (AvgIpc) is 2.81. The molecule has 0 aromatic heterocycles. The Bertz CT molecular complexity index is 1040. The van der Waals surface area contributed by atoms with Gasteiger partial charge in [0.25, 0.3) is 5.91 Å². The first-order valence-electron chi connectivity index (χ1n) is 10.4. The molecule has 3 rings (SSSR count). The van der Waals surface area contributed by atoms with E-state index < -0.39 is 6.04 Å². The average molecular weight is 495 g/mol. The SMILES string of the molecule is CNC(=O)C(Cc1ccccc1)N(Cc1cccc(C)c1)C(=O)COc1ccc(Br)cc1. The summed E-state index contributed by atoms with van der Waals surface area (Å²) in [6.45, 7) is 2.16. The van der Waals surface area contributed by atoms with Crippen molar-refractivity contribution in [3.8, 4) is 5.75 Å². The van der Waals surface area contributed by atoms with Crippen molar-refractivity contribution in [2.75, 3.05) is 13.7 Å². The Morgan fingerprint density at radius 1 is 0.969 bits per heavy atom. The molecule has 3 aromatic carbocycles. The van der Waals surface area contributed by atoms with E-state index in [0.717, 1.165) is 21.2 Å². The van der Waals surface area contributed by atoms with Gasteiger partial charge in [-0.2, -0.15) is 0 Å². The van der Waals surface area contributed by atoms with Crippen molar-refractivity contribution in [1.29, 1.82) is 0 Å². The summed E-state index contributed by atoms with van der Waals surface area (Å²) in [7, 11) is 1.59. The van der Waals surface area contributed by atoms with Crippen LogP contribution in [0.2, 0.25) is 0 Å². The predicted molar refractivity (Wildman–Crippen MR) is 129 cm³/mol. The molecule has 2 amide bonds. The molecule has 1 unspecified atom stereocenters. The van der Waals surface area contributed by atoms with Crippen LogP contribution in [-0.4, -0.2) is 36.4 Å². The van der Waals surface area contributed by atoms with Gasteiger partial charge in [-0.1, -0.05) is 76.1 Å². The molecular weight excluding hydrogens is 468 g/mol. The molecule has 32 heavy (non-hydrogen) atoms. The molecule has 0 aliphatic heterocycles. The standard InChI is InChI=1S/C26H27BrN2O3/c1-19-7-6-10-21(15-19)17-29(25(30)18-32-23-13-11-22(27)12-14-23)24(26(31)28-2)16-20-8-4-3-5-9-20/h3-15,24H,16-18H2,1-2H3,(H,28,31). The Kier molecular flexibility index (Phi) is 8.45. The number of hydrogen-bond donors (Lipinski definition) is 1. The summed E-state index contributed by atoms with van der Waals surface area (Å²) >= 11 is 3.39. The van der Waals surface area contributed by atoms with Gasteiger partial charge in [-0.05, 0) is 42.3 Å². The Morgan fingerprint density at radius 2 is 1.66 bits per heavy atom. The summed E-state index contributed by atoms with van der Waals surface area (Å²) in [6.07, 6.45) is 0.413. The molecule has 6 heteroatoms. The fourth-order valence-electron chi connectivity index (χ4n) is 3.49. The molecule has 1 N–H and O–H groups in total. The van der Waals surface area contributed by atoms with Gasteiger partial charge in [0, 0.05) is 24.5 Å². The van der Waals surface area contributed by atoms with Crippen LogP contribution in [0.5, 0.6) is 5.75 Å². The van der Waals surface area contributed by atoms with Crippen molar-refractivity contribution in [1.82, 2.24) is 10.2 Å². The van der Waals surface area contributed by atoms with Crippen molar-refractivity contribution in [3.63, 3.8) is 0 Å². The first kappa shape index (κ1) is 23.5. The zero-order valence-corrected chi connectivity index (χ0v) is 19.8. The second kappa shape index (κ2) is 11.5. The van der Waals surface area contributed by atoms with Crippen LogP contribution < -0.4 is 10.1 Å². The highest BCUT2D eigenvalue weighted by atomic mass is 79.9. The van der Waals surface area contributed by atoms with Crippen LogP contribution in [0.15, 0.2) is 83.3 Å². The van der Waals surface area contributed by atoms with Gasteiger partial charge in [0.1, 0.15) is 11.8 Å². The highest BCUT2D eigenvalue weighted by Gasteiger charge is 2.30. The Hall–Kier alpha value is -3.12. The normalized spacial score (nSPS) is 11.5. The maximum atomic E-state index is 13.3. The van der Waals surface area contributed by atoms with Crippen molar-refractivity contribution in [2.45, 2.75) is 25.9 Å². The summed E-state index contributed by atoms with van der Waals surface area (Å²) in [6, 6.07) is 24.3. The molecular formula is C26H27BrN2O3. The third-order valence-corrected chi connectivity index (χ3v) is 5.66. The van der Waals surface area contributed by atoms with E-state index in [1.54, 1.807) is 24.1 Å². The zero-order chi connectivity index (χ0) is 22.9. The van der Waals surface area contributed by atoms with Crippen LogP contribution in [0.25, 0.3) is 0 Å². The van der Waals surface area contributed by atoms with E-state index in [2.05, 4.69) is 21.2 Å². The molecule has 0 bridgehead atoms. The van der Waals surface area contributed by atoms with E-state index in [-0.39, 0.29) is 18.4 Å². The number of rotatable bonds is 9. The van der Waals surface area contributed by atoms with Gasteiger partial charge in [0.2, 0.25) is 5.91 Å². The second-order valence-corrected chi connectivity index (χ2v) is 8.49. The number of nitrogens with zero attached hydrogens (tertiary/aromatic N) is 1. The van der Waals surface area contributed by atoms with Crippen molar-refractivity contribution in [3.05, 3.63) is 100 Å². The summed E-state index contributed by atoms with van der Waals surface area (Å²) in [5.74, 6) is 0.133. The topological polar surface area (TPSA) is 58.6 Å². The Balaban J connectivity index is 1.86. The van der Waals surface area contributed by atoms with Gasteiger partial charge in [0.15, 0.2) is 6.61 Å². The van der Waals surface area contributed by atoms with Gasteiger partial charge in [-0.25, -0.2) is 0 Å². The van der Waals surface area contributed by atoms with Gasteiger partial charge < -0.3 is 15.0 Å². The van der Waals surface area contributed by atoms with E-state index in [0.29, 0.717) is 18.7 Å². The van der Waals surface area contributed by atoms with E-state index in [1.807, 2.05) is 73.7 Å². The summed E-state index contributed by atoms with van der Waals surface area (Å²) < 4.78 is 6.67. The molecule has 5 nitrogen and oxygen atoms in total. The minimum atomic E-state index is -0.663. The molecule has 0 aliphatic rings. The van der Waals surface area contributed by atoms with Crippen LogP contribution >= 0.6 is 15.9 Å². The monoisotopic (exact) mass is 494 g/mol. The summed E-state index contributed by atoms with van der Waals surface area (Å²) in [4.78, 5) is 27.8.